The fraction of sp³-hybridized carbons (Fsp3) is 0.316. The molecule has 132 valence electrons. The van der Waals surface area contributed by atoms with Crippen LogP contribution >= 0.6 is 0 Å². The van der Waals surface area contributed by atoms with E-state index in [1.807, 2.05) is 24.3 Å². The van der Waals surface area contributed by atoms with Crippen LogP contribution in [0.3, 0.4) is 0 Å². The molecule has 2 aromatic carbocycles. The van der Waals surface area contributed by atoms with Crippen LogP contribution in [0.2, 0.25) is 0 Å². The molecule has 2 aromatic rings. The number of carbonyl (C=O) groups is 1. The van der Waals surface area contributed by atoms with Crippen molar-refractivity contribution >= 4 is 15.7 Å². The molecule has 0 radical (unpaired) electrons. The second-order valence-electron chi connectivity index (χ2n) is 6.29. The summed E-state index contributed by atoms with van der Waals surface area (Å²) < 4.78 is 31.2. The zero-order valence-corrected chi connectivity index (χ0v) is 14.7. The zero-order chi connectivity index (χ0) is 17.9. The molecule has 0 aliphatic heterocycles. The van der Waals surface area contributed by atoms with Crippen LogP contribution in [0.1, 0.15) is 34.8 Å². The van der Waals surface area contributed by atoms with Gasteiger partial charge in [-0.25, -0.2) is 8.42 Å². The van der Waals surface area contributed by atoms with Gasteiger partial charge in [0.05, 0.1) is 11.0 Å². The average molecular weight is 359 g/mol. The Balaban J connectivity index is 1.81. The summed E-state index contributed by atoms with van der Waals surface area (Å²) >= 11 is 0. The van der Waals surface area contributed by atoms with Gasteiger partial charge in [0.15, 0.2) is 16.4 Å². The summed E-state index contributed by atoms with van der Waals surface area (Å²) in [4.78, 5) is 10.8. The van der Waals surface area contributed by atoms with Crippen molar-refractivity contribution in [2.75, 3.05) is 6.61 Å². The molecule has 1 amide bonds. The lowest BCUT2D eigenvalue weighted by Gasteiger charge is -2.25. The van der Waals surface area contributed by atoms with E-state index in [4.69, 9.17) is 10.5 Å². The van der Waals surface area contributed by atoms with Crippen molar-refractivity contribution < 1.29 is 17.9 Å². The highest BCUT2D eigenvalue weighted by molar-refractivity contribution is 7.90. The molecule has 0 fully saturated rings. The van der Waals surface area contributed by atoms with Crippen molar-refractivity contribution in [1.29, 1.82) is 0 Å². The maximum atomic E-state index is 13.0. The smallest absolute Gasteiger partial charge is 0.255 e. The van der Waals surface area contributed by atoms with Crippen LogP contribution in [0.5, 0.6) is 5.75 Å². The van der Waals surface area contributed by atoms with Gasteiger partial charge in [0.25, 0.3) is 5.91 Å². The number of amides is 1. The van der Waals surface area contributed by atoms with Gasteiger partial charge in [-0.15, -0.1) is 0 Å². The number of rotatable bonds is 6. The molecule has 3 rings (SSSR count). The Morgan fingerprint density at radius 1 is 1.16 bits per heavy atom. The molecule has 0 bridgehead atoms. The maximum Gasteiger partial charge on any atom is 0.255 e. The third-order valence-electron chi connectivity index (χ3n) is 4.40. The van der Waals surface area contributed by atoms with E-state index in [0.717, 1.165) is 24.0 Å². The van der Waals surface area contributed by atoms with E-state index in [0.29, 0.717) is 17.7 Å². The number of hydrogen-bond donors (Lipinski definition) is 1. The first-order valence-electron chi connectivity index (χ1n) is 8.25. The third-order valence-corrected chi connectivity index (χ3v) is 6.49. The van der Waals surface area contributed by atoms with Gasteiger partial charge >= 0.3 is 0 Å². The predicted molar refractivity (Wildman–Crippen MR) is 95.9 cm³/mol. The molecule has 0 spiro atoms. The highest BCUT2D eigenvalue weighted by Crippen LogP contribution is 2.37. The molecule has 6 heteroatoms. The fourth-order valence-corrected chi connectivity index (χ4v) is 5.28. The van der Waals surface area contributed by atoms with E-state index in [9.17, 15) is 13.2 Å². The SMILES string of the molecule is NC(=O)COc1cccc(CS(=O)(=O)C2CCCc3ccccc32)c1. The van der Waals surface area contributed by atoms with E-state index in [1.165, 1.54) is 0 Å². The molecule has 25 heavy (non-hydrogen) atoms. The zero-order valence-electron chi connectivity index (χ0n) is 13.9. The van der Waals surface area contributed by atoms with Crippen molar-refractivity contribution in [1.82, 2.24) is 0 Å². The van der Waals surface area contributed by atoms with E-state index in [1.54, 1.807) is 24.3 Å². The Labute approximate surface area is 147 Å². The summed E-state index contributed by atoms with van der Waals surface area (Å²) in [6.07, 6.45) is 2.46. The van der Waals surface area contributed by atoms with Crippen LogP contribution in [0.25, 0.3) is 0 Å². The number of sulfone groups is 1. The predicted octanol–water partition coefficient (Wildman–Crippen LogP) is 2.54. The molecule has 1 aliphatic carbocycles. The lowest BCUT2D eigenvalue weighted by atomic mass is 9.91. The van der Waals surface area contributed by atoms with Gasteiger partial charge in [-0.2, -0.15) is 0 Å². The quantitative estimate of drug-likeness (QED) is 0.859. The fourth-order valence-electron chi connectivity index (χ4n) is 3.29. The molecule has 1 aliphatic rings. The molecule has 1 atom stereocenters. The van der Waals surface area contributed by atoms with Gasteiger partial charge in [0, 0.05) is 0 Å². The van der Waals surface area contributed by atoms with Crippen LogP contribution in [0, 0.1) is 0 Å². The van der Waals surface area contributed by atoms with Crippen LogP contribution < -0.4 is 10.5 Å². The first-order chi connectivity index (χ1) is 12.0. The number of hydrogen-bond acceptors (Lipinski definition) is 4. The Hall–Kier alpha value is -2.34. The molecule has 2 N–H and O–H groups in total. The molecular formula is C19H21NO4S. The van der Waals surface area contributed by atoms with Gasteiger partial charge in [-0.1, -0.05) is 36.4 Å². The average Bonchev–Trinajstić information content (AvgIpc) is 2.59. The van der Waals surface area contributed by atoms with Crippen LogP contribution in [0.4, 0.5) is 0 Å². The molecule has 1 unspecified atom stereocenters. The summed E-state index contributed by atoms with van der Waals surface area (Å²) in [5, 5.41) is -0.465. The van der Waals surface area contributed by atoms with Crippen LogP contribution in [0.15, 0.2) is 48.5 Å². The minimum absolute atomic E-state index is 0.0558. The van der Waals surface area contributed by atoms with E-state index in [2.05, 4.69) is 0 Å². The molecule has 0 saturated heterocycles. The molecule has 0 saturated carbocycles. The summed E-state index contributed by atoms with van der Waals surface area (Å²) in [5.41, 5.74) is 7.76. The largest absolute Gasteiger partial charge is 0.484 e. The Morgan fingerprint density at radius 2 is 1.96 bits per heavy atom. The minimum Gasteiger partial charge on any atom is -0.484 e. The molecule has 5 nitrogen and oxygen atoms in total. The van der Waals surface area contributed by atoms with Crippen molar-refractivity contribution in [3.05, 3.63) is 65.2 Å². The highest BCUT2D eigenvalue weighted by atomic mass is 32.2. The third kappa shape index (κ3) is 4.20. The van der Waals surface area contributed by atoms with E-state index < -0.39 is 21.0 Å². The van der Waals surface area contributed by atoms with Crippen molar-refractivity contribution in [3.63, 3.8) is 0 Å². The number of benzene rings is 2. The highest BCUT2D eigenvalue weighted by Gasteiger charge is 2.31. The second kappa shape index (κ2) is 7.27. The minimum atomic E-state index is -3.35. The number of carbonyl (C=O) groups excluding carboxylic acids is 1. The standard InChI is InChI=1S/C19H21NO4S/c20-19(21)12-24-16-8-3-5-14(11-16)13-25(22,23)18-10-4-7-15-6-1-2-9-17(15)18/h1-3,5-6,8-9,11,18H,4,7,10,12-13H2,(H2,20,21). The van der Waals surface area contributed by atoms with Gasteiger partial charge in [-0.3, -0.25) is 4.79 Å². The summed E-state index contributed by atoms with van der Waals surface area (Å²) in [6.45, 7) is -0.230. The lowest BCUT2D eigenvalue weighted by molar-refractivity contribution is -0.119. The van der Waals surface area contributed by atoms with Gasteiger partial charge in [0.2, 0.25) is 0 Å². The topological polar surface area (TPSA) is 86.5 Å². The number of nitrogens with two attached hydrogens (primary N) is 1. The second-order valence-corrected chi connectivity index (χ2v) is 8.47. The number of primary amides is 1. The Kier molecular flexibility index (Phi) is 5.08. The molecule has 0 aromatic heterocycles. The van der Waals surface area contributed by atoms with Crippen molar-refractivity contribution in [2.45, 2.75) is 30.3 Å². The summed E-state index contributed by atoms with van der Waals surface area (Å²) in [7, 11) is -3.35. The van der Waals surface area contributed by atoms with Crippen molar-refractivity contribution in [3.8, 4) is 5.75 Å². The van der Waals surface area contributed by atoms with Gasteiger partial charge in [0.1, 0.15) is 5.75 Å². The normalized spacial score (nSPS) is 16.9. The monoisotopic (exact) mass is 359 g/mol. The van der Waals surface area contributed by atoms with E-state index in [-0.39, 0.29) is 12.4 Å². The molecule has 0 heterocycles. The van der Waals surface area contributed by atoms with Crippen LogP contribution in [-0.2, 0) is 26.8 Å². The lowest BCUT2D eigenvalue weighted by Crippen LogP contribution is -2.21. The number of aryl methyl sites for hydroxylation is 1. The first-order valence-corrected chi connectivity index (χ1v) is 9.97. The number of fused-ring (bicyclic) bond motifs is 1. The Bertz CT molecular complexity index is 876. The summed E-state index contributed by atoms with van der Waals surface area (Å²) in [5.74, 6) is -0.188. The molecular weight excluding hydrogens is 338 g/mol. The first kappa shape index (κ1) is 17.5. The van der Waals surface area contributed by atoms with Crippen molar-refractivity contribution in [2.24, 2.45) is 5.73 Å². The number of ether oxygens (including phenoxy) is 1. The van der Waals surface area contributed by atoms with E-state index >= 15 is 0 Å². The van der Waals surface area contributed by atoms with Gasteiger partial charge < -0.3 is 10.5 Å². The van der Waals surface area contributed by atoms with Crippen LogP contribution in [-0.4, -0.2) is 20.9 Å². The maximum absolute atomic E-state index is 13.0. The summed E-state index contributed by atoms with van der Waals surface area (Å²) in [6, 6.07) is 14.6. The Morgan fingerprint density at radius 3 is 2.76 bits per heavy atom. The van der Waals surface area contributed by atoms with Gasteiger partial charge in [-0.05, 0) is 48.1 Å².